The molecular formula is C22H20N6O3. The Labute approximate surface area is 176 Å². The van der Waals surface area contributed by atoms with Gasteiger partial charge in [0.05, 0.1) is 5.52 Å². The summed E-state index contributed by atoms with van der Waals surface area (Å²) in [7, 11) is 0. The van der Waals surface area contributed by atoms with Gasteiger partial charge in [-0.3, -0.25) is 9.78 Å². The molecule has 0 fully saturated rings. The highest BCUT2D eigenvalue weighted by Crippen LogP contribution is 2.27. The van der Waals surface area contributed by atoms with E-state index in [4.69, 9.17) is 4.42 Å². The molecule has 0 radical (unpaired) electrons. The summed E-state index contributed by atoms with van der Waals surface area (Å²) in [5, 5.41) is 9.43. The molecule has 0 spiro atoms. The Hall–Kier alpha value is -4.14. The molecular weight excluding hydrogens is 396 g/mol. The highest BCUT2D eigenvalue weighted by molar-refractivity contribution is 5.92. The van der Waals surface area contributed by atoms with Crippen LogP contribution >= 0.6 is 0 Å². The lowest BCUT2D eigenvalue weighted by Gasteiger charge is -2.13. The second kappa shape index (κ2) is 7.60. The Kier molecular flexibility index (Phi) is 4.62. The first-order valence-corrected chi connectivity index (χ1v) is 9.97. The molecule has 1 aliphatic heterocycles. The van der Waals surface area contributed by atoms with Crippen molar-refractivity contribution in [3.63, 3.8) is 0 Å². The van der Waals surface area contributed by atoms with Crippen LogP contribution in [0.4, 0.5) is 28.8 Å². The number of aromatic nitrogens is 3. The van der Waals surface area contributed by atoms with Crippen molar-refractivity contribution in [2.45, 2.75) is 26.2 Å². The van der Waals surface area contributed by atoms with Crippen molar-refractivity contribution in [1.82, 2.24) is 15.0 Å². The van der Waals surface area contributed by atoms with E-state index in [1.54, 1.807) is 18.3 Å². The number of H-pyrrole nitrogens is 1. The number of anilines is 5. The van der Waals surface area contributed by atoms with E-state index in [1.165, 1.54) is 0 Å². The van der Waals surface area contributed by atoms with Gasteiger partial charge in [-0.2, -0.15) is 4.98 Å². The van der Waals surface area contributed by atoms with Gasteiger partial charge in [-0.1, -0.05) is 0 Å². The van der Waals surface area contributed by atoms with Crippen molar-refractivity contribution in [3.05, 3.63) is 64.3 Å². The summed E-state index contributed by atoms with van der Waals surface area (Å²) in [6.07, 6.45) is 3.93. The first-order chi connectivity index (χ1) is 15.0. The summed E-state index contributed by atoms with van der Waals surface area (Å²) in [5.74, 6) is 0.653. The number of oxazole rings is 1. The number of hydrogen-bond acceptors (Lipinski definition) is 7. The zero-order valence-electron chi connectivity index (χ0n) is 16.8. The molecule has 9 nitrogen and oxygen atoms in total. The maximum Gasteiger partial charge on any atom is 0.417 e. The first kappa shape index (κ1) is 18.9. The molecule has 0 atom stereocenters. The lowest BCUT2D eigenvalue weighted by Crippen LogP contribution is -2.09. The second-order valence-corrected chi connectivity index (χ2v) is 7.47. The zero-order chi connectivity index (χ0) is 21.4. The smallest absolute Gasteiger partial charge is 0.408 e. The topological polar surface area (TPSA) is 125 Å². The minimum absolute atomic E-state index is 0.0507. The highest BCUT2D eigenvalue weighted by Gasteiger charge is 2.14. The van der Waals surface area contributed by atoms with E-state index >= 15 is 0 Å². The van der Waals surface area contributed by atoms with E-state index in [9.17, 15) is 9.59 Å². The third-order valence-corrected chi connectivity index (χ3v) is 5.14. The lowest BCUT2D eigenvalue weighted by atomic mass is 10.1. The van der Waals surface area contributed by atoms with Gasteiger partial charge in [0.2, 0.25) is 11.9 Å². The fraction of sp³-hybridized carbons (Fsp3) is 0.182. The van der Waals surface area contributed by atoms with Crippen LogP contribution in [-0.2, 0) is 11.2 Å². The standard InChI is InChI=1S/C22H20N6O3/c1-12-11-23-21(25-14-5-7-16-13(9-14)3-2-4-19(29)26-16)28-20(12)24-15-6-8-18-17(10-15)27-22(30)31-18/h5-11H,2-4H2,1H3,(H,26,29)(H,27,30)(H2,23,24,25,28). The van der Waals surface area contributed by atoms with E-state index in [-0.39, 0.29) is 5.91 Å². The van der Waals surface area contributed by atoms with Crippen molar-refractivity contribution >= 4 is 45.8 Å². The molecule has 0 aliphatic carbocycles. The van der Waals surface area contributed by atoms with Gasteiger partial charge in [0, 0.05) is 35.2 Å². The Balaban J connectivity index is 1.38. The Bertz CT molecular complexity index is 1360. The van der Waals surface area contributed by atoms with Crippen LogP contribution in [0.3, 0.4) is 0 Å². The van der Waals surface area contributed by atoms with Gasteiger partial charge in [0.1, 0.15) is 5.82 Å². The molecule has 4 aromatic rings. The van der Waals surface area contributed by atoms with E-state index in [0.29, 0.717) is 29.3 Å². The lowest BCUT2D eigenvalue weighted by molar-refractivity contribution is -0.116. The number of hydrogen-bond donors (Lipinski definition) is 4. The van der Waals surface area contributed by atoms with Crippen LogP contribution in [-0.4, -0.2) is 20.9 Å². The number of nitrogens with zero attached hydrogens (tertiary/aromatic N) is 2. The third-order valence-electron chi connectivity index (χ3n) is 5.14. The molecule has 0 saturated carbocycles. The first-order valence-electron chi connectivity index (χ1n) is 9.97. The molecule has 1 amide bonds. The number of carbonyl (C=O) groups excluding carboxylic acids is 1. The summed E-state index contributed by atoms with van der Waals surface area (Å²) in [6.45, 7) is 1.91. The minimum Gasteiger partial charge on any atom is -0.408 e. The highest BCUT2D eigenvalue weighted by atomic mass is 16.4. The predicted molar refractivity (Wildman–Crippen MR) is 118 cm³/mol. The predicted octanol–water partition coefficient (Wildman–Crippen LogP) is 3.98. The number of amides is 1. The number of nitrogens with one attached hydrogen (secondary N) is 4. The van der Waals surface area contributed by atoms with Crippen LogP contribution in [0.25, 0.3) is 11.1 Å². The molecule has 1 aliphatic rings. The summed E-state index contributed by atoms with van der Waals surface area (Å²) < 4.78 is 5.04. The van der Waals surface area contributed by atoms with Crippen LogP contribution in [0.15, 0.2) is 51.8 Å². The van der Waals surface area contributed by atoms with Crippen LogP contribution in [0.5, 0.6) is 0 Å². The van der Waals surface area contributed by atoms with E-state index in [1.807, 2.05) is 31.2 Å². The van der Waals surface area contributed by atoms with Crippen LogP contribution < -0.4 is 21.7 Å². The van der Waals surface area contributed by atoms with Gasteiger partial charge in [-0.05, 0) is 61.7 Å². The zero-order valence-corrected chi connectivity index (χ0v) is 16.8. The number of fused-ring (bicyclic) bond motifs is 2. The van der Waals surface area contributed by atoms with Gasteiger partial charge < -0.3 is 20.4 Å². The third kappa shape index (κ3) is 3.97. The molecule has 2 aromatic heterocycles. The molecule has 31 heavy (non-hydrogen) atoms. The molecule has 0 unspecified atom stereocenters. The van der Waals surface area contributed by atoms with Gasteiger partial charge in [-0.25, -0.2) is 9.78 Å². The SMILES string of the molecule is Cc1cnc(Nc2ccc3c(c2)CCCC(=O)N3)nc1Nc1ccc2oc(=O)[nH]c2c1. The number of benzene rings is 2. The number of carbonyl (C=O) groups is 1. The van der Waals surface area contributed by atoms with E-state index in [2.05, 4.69) is 30.9 Å². The van der Waals surface area contributed by atoms with Gasteiger partial charge in [0.15, 0.2) is 5.58 Å². The van der Waals surface area contributed by atoms with Crippen molar-refractivity contribution in [2.24, 2.45) is 0 Å². The Morgan fingerprint density at radius 3 is 2.77 bits per heavy atom. The van der Waals surface area contributed by atoms with E-state index < -0.39 is 5.76 Å². The normalized spacial score (nSPS) is 13.4. The molecule has 156 valence electrons. The molecule has 5 rings (SSSR count). The quantitative estimate of drug-likeness (QED) is 0.396. The summed E-state index contributed by atoms with van der Waals surface area (Å²) >= 11 is 0. The van der Waals surface area contributed by atoms with Gasteiger partial charge in [-0.15, -0.1) is 0 Å². The number of rotatable bonds is 4. The van der Waals surface area contributed by atoms with Crippen molar-refractivity contribution in [3.8, 4) is 0 Å². The van der Waals surface area contributed by atoms with Crippen LogP contribution in [0.2, 0.25) is 0 Å². The van der Waals surface area contributed by atoms with Gasteiger partial charge in [0.25, 0.3) is 0 Å². The second-order valence-electron chi connectivity index (χ2n) is 7.47. The fourth-order valence-electron chi connectivity index (χ4n) is 3.58. The average Bonchev–Trinajstić information content (AvgIpc) is 3.00. The summed E-state index contributed by atoms with van der Waals surface area (Å²) in [5.41, 5.74) is 5.53. The van der Waals surface area contributed by atoms with Gasteiger partial charge >= 0.3 is 5.76 Å². The maximum absolute atomic E-state index is 11.7. The largest absolute Gasteiger partial charge is 0.417 e. The fourth-order valence-corrected chi connectivity index (χ4v) is 3.58. The number of aromatic amines is 1. The maximum atomic E-state index is 11.7. The summed E-state index contributed by atoms with van der Waals surface area (Å²) in [6, 6.07) is 11.1. The molecule has 0 saturated heterocycles. The molecule has 2 aromatic carbocycles. The van der Waals surface area contributed by atoms with Crippen molar-refractivity contribution in [1.29, 1.82) is 0 Å². The molecule has 9 heteroatoms. The Morgan fingerprint density at radius 2 is 1.87 bits per heavy atom. The average molecular weight is 416 g/mol. The van der Waals surface area contributed by atoms with Crippen molar-refractivity contribution < 1.29 is 9.21 Å². The number of aryl methyl sites for hydroxylation is 2. The molecule has 3 heterocycles. The molecule has 4 N–H and O–H groups in total. The summed E-state index contributed by atoms with van der Waals surface area (Å²) in [4.78, 5) is 34.7. The van der Waals surface area contributed by atoms with E-state index in [0.717, 1.165) is 41.0 Å². The Morgan fingerprint density at radius 1 is 1.03 bits per heavy atom. The van der Waals surface area contributed by atoms with Crippen molar-refractivity contribution in [2.75, 3.05) is 16.0 Å². The minimum atomic E-state index is -0.489. The van der Waals surface area contributed by atoms with Crippen LogP contribution in [0, 0.1) is 6.92 Å². The van der Waals surface area contributed by atoms with Crippen LogP contribution in [0.1, 0.15) is 24.0 Å². The molecule has 0 bridgehead atoms. The monoisotopic (exact) mass is 416 g/mol.